The second-order valence-corrected chi connectivity index (χ2v) is 5.97. The van der Waals surface area contributed by atoms with Crippen molar-refractivity contribution < 1.29 is 14.6 Å². The molecule has 1 aromatic carbocycles. The van der Waals surface area contributed by atoms with Gasteiger partial charge in [0.25, 0.3) is 0 Å². The van der Waals surface area contributed by atoms with Gasteiger partial charge in [0.2, 0.25) is 6.79 Å². The van der Waals surface area contributed by atoms with Crippen molar-refractivity contribution >= 4 is 0 Å². The van der Waals surface area contributed by atoms with E-state index in [1.165, 1.54) is 25.7 Å². The number of aliphatic hydroxyl groups excluding tert-OH is 1. The van der Waals surface area contributed by atoms with E-state index in [0.29, 0.717) is 12.0 Å². The van der Waals surface area contributed by atoms with Crippen LogP contribution in [0.3, 0.4) is 0 Å². The van der Waals surface area contributed by atoms with Crippen LogP contribution < -0.4 is 14.8 Å². The number of rotatable bonds is 6. The maximum absolute atomic E-state index is 10.3. The maximum Gasteiger partial charge on any atom is 0.231 e. The Hall–Kier alpha value is -1.26. The number of benzene rings is 1. The summed E-state index contributed by atoms with van der Waals surface area (Å²) in [6.07, 6.45) is 4.70. The highest BCUT2D eigenvalue weighted by molar-refractivity contribution is 5.45. The fourth-order valence-electron chi connectivity index (χ4n) is 3.04. The molecule has 1 heterocycles. The molecule has 0 saturated heterocycles. The van der Waals surface area contributed by atoms with Gasteiger partial charge in [-0.1, -0.05) is 19.4 Å². The lowest BCUT2D eigenvalue weighted by molar-refractivity contribution is 0.110. The minimum atomic E-state index is -0.501. The van der Waals surface area contributed by atoms with Crippen molar-refractivity contribution in [2.45, 2.75) is 38.7 Å². The van der Waals surface area contributed by atoms with Crippen molar-refractivity contribution in [3.8, 4) is 11.5 Å². The van der Waals surface area contributed by atoms with Gasteiger partial charge in [0.05, 0.1) is 6.10 Å². The van der Waals surface area contributed by atoms with Gasteiger partial charge >= 0.3 is 0 Å². The Labute approximate surface area is 120 Å². The van der Waals surface area contributed by atoms with Gasteiger partial charge in [0.15, 0.2) is 11.5 Å². The molecule has 0 bridgehead atoms. The summed E-state index contributed by atoms with van der Waals surface area (Å²) in [5.74, 6) is 1.49. The van der Waals surface area contributed by atoms with Gasteiger partial charge in [-0.2, -0.15) is 0 Å². The van der Waals surface area contributed by atoms with Gasteiger partial charge in [-0.25, -0.2) is 0 Å². The zero-order valence-corrected chi connectivity index (χ0v) is 12.0. The number of hydrogen-bond donors (Lipinski definition) is 2. The molecule has 0 aromatic heterocycles. The van der Waals surface area contributed by atoms with E-state index in [-0.39, 0.29) is 6.79 Å². The van der Waals surface area contributed by atoms with Gasteiger partial charge < -0.3 is 19.9 Å². The topological polar surface area (TPSA) is 50.7 Å². The molecule has 1 aromatic rings. The molecule has 1 aliphatic carbocycles. The van der Waals surface area contributed by atoms with Crippen molar-refractivity contribution in [3.05, 3.63) is 23.8 Å². The molecule has 2 N–H and O–H groups in total. The first-order chi connectivity index (χ1) is 9.72. The predicted molar refractivity (Wildman–Crippen MR) is 77.0 cm³/mol. The Bertz CT molecular complexity index is 465. The van der Waals surface area contributed by atoms with E-state index < -0.39 is 6.10 Å². The third-order valence-corrected chi connectivity index (χ3v) is 4.78. The fourth-order valence-corrected chi connectivity index (χ4v) is 3.04. The lowest BCUT2D eigenvalue weighted by Gasteiger charge is -2.41. The molecule has 1 saturated carbocycles. The maximum atomic E-state index is 10.3. The van der Waals surface area contributed by atoms with Crippen LogP contribution in [0.1, 0.15) is 44.3 Å². The van der Waals surface area contributed by atoms with Crippen molar-refractivity contribution in [2.75, 3.05) is 19.9 Å². The average Bonchev–Trinajstić information content (AvgIpc) is 2.88. The van der Waals surface area contributed by atoms with Gasteiger partial charge in [0, 0.05) is 13.1 Å². The summed E-state index contributed by atoms with van der Waals surface area (Å²) in [6, 6.07) is 5.63. The van der Waals surface area contributed by atoms with Crippen molar-refractivity contribution in [1.82, 2.24) is 5.32 Å². The van der Waals surface area contributed by atoms with E-state index >= 15 is 0 Å². The molecular formula is C16H23NO3. The summed E-state index contributed by atoms with van der Waals surface area (Å²) < 4.78 is 10.6. The molecular weight excluding hydrogens is 254 g/mol. The van der Waals surface area contributed by atoms with Crippen LogP contribution in [0.2, 0.25) is 0 Å². The molecule has 110 valence electrons. The highest BCUT2D eigenvalue weighted by Gasteiger charge is 2.34. The Morgan fingerprint density at radius 1 is 1.30 bits per heavy atom. The smallest absolute Gasteiger partial charge is 0.231 e. The summed E-state index contributed by atoms with van der Waals surface area (Å²) >= 11 is 0. The molecule has 0 radical (unpaired) electrons. The van der Waals surface area contributed by atoms with Gasteiger partial charge in [-0.15, -0.1) is 0 Å². The van der Waals surface area contributed by atoms with Crippen LogP contribution in [0.4, 0.5) is 0 Å². The monoisotopic (exact) mass is 277 g/mol. The van der Waals surface area contributed by atoms with E-state index in [1.54, 1.807) is 0 Å². The average molecular weight is 277 g/mol. The van der Waals surface area contributed by atoms with Crippen LogP contribution in [0.15, 0.2) is 18.2 Å². The van der Waals surface area contributed by atoms with Crippen LogP contribution in [0.5, 0.6) is 11.5 Å². The highest BCUT2D eigenvalue weighted by Crippen LogP contribution is 2.43. The van der Waals surface area contributed by atoms with Crippen molar-refractivity contribution in [1.29, 1.82) is 0 Å². The lowest BCUT2D eigenvalue weighted by atomic mass is 9.67. The predicted octanol–water partition coefficient (Wildman–Crippen LogP) is 2.62. The molecule has 1 fully saturated rings. The lowest BCUT2D eigenvalue weighted by Crippen LogP contribution is -2.40. The molecule has 0 spiro atoms. The third-order valence-electron chi connectivity index (χ3n) is 4.78. The third kappa shape index (κ3) is 2.63. The minimum Gasteiger partial charge on any atom is -0.454 e. The van der Waals surface area contributed by atoms with Crippen LogP contribution >= 0.6 is 0 Å². The summed E-state index contributed by atoms with van der Waals surface area (Å²) in [5.41, 5.74) is 1.36. The number of hydrogen-bond acceptors (Lipinski definition) is 4. The second kappa shape index (κ2) is 5.62. The number of nitrogens with one attached hydrogen (secondary N) is 1. The molecule has 1 unspecified atom stereocenters. The molecule has 1 aliphatic heterocycles. The zero-order valence-electron chi connectivity index (χ0n) is 12.0. The molecule has 0 amide bonds. The first-order valence-corrected chi connectivity index (χ1v) is 7.51. The summed E-state index contributed by atoms with van der Waals surface area (Å²) in [5, 5.41) is 13.7. The van der Waals surface area contributed by atoms with E-state index in [9.17, 15) is 5.11 Å². The number of fused-ring (bicyclic) bond motifs is 1. The highest BCUT2D eigenvalue weighted by atomic mass is 16.7. The first kappa shape index (κ1) is 13.7. The summed E-state index contributed by atoms with van der Waals surface area (Å²) in [6.45, 7) is 4.12. The van der Waals surface area contributed by atoms with Crippen LogP contribution in [0.25, 0.3) is 0 Å². The van der Waals surface area contributed by atoms with Crippen LogP contribution in [-0.4, -0.2) is 25.0 Å². The second-order valence-electron chi connectivity index (χ2n) is 5.97. The van der Waals surface area contributed by atoms with Gasteiger partial charge in [0.1, 0.15) is 0 Å². The first-order valence-electron chi connectivity index (χ1n) is 7.51. The van der Waals surface area contributed by atoms with Crippen molar-refractivity contribution in [2.24, 2.45) is 5.41 Å². The molecule has 4 nitrogen and oxygen atoms in total. The largest absolute Gasteiger partial charge is 0.454 e. The normalized spacial score (nSPS) is 20.5. The zero-order chi connectivity index (χ0) is 14.0. The van der Waals surface area contributed by atoms with Crippen LogP contribution in [0, 0.1) is 5.41 Å². The van der Waals surface area contributed by atoms with Crippen LogP contribution in [-0.2, 0) is 0 Å². The van der Waals surface area contributed by atoms with Crippen molar-refractivity contribution in [3.63, 3.8) is 0 Å². The standard InChI is InChI=1S/C16H23NO3/c1-2-16(6-3-7-16)10-17-9-13(18)12-4-5-14-15(8-12)20-11-19-14/h4-5,8,13,17-18H,2-3,6-7,9-11H2,1H3. The SMILES string of the molecule is CCC1(CNCC(O)c2ccc3c(c2)OCO3)CCC1. The molecule has 3 rings (SSSR count). The summed E-state index contributed by atoms with van der Waals surface area (Å²) in [4.78, 5) is 0. The number of ether oxygens (including phenoxy) is 2. The minimum absolute atomic E-state index is 0.270. The Morgan fingerprint density at radius 2 is 2.10 bits per heavy atom. The molecule has 2 aliphatic rings. The summed E-state index contributed by atoms with van der Waals surface area (Å²) in [7, 11) is 0. The van der Waals surface area contributed by atoms with Gasteiger partial charge in [-0.3, -0.25) is 0 Å². The van der Waals surface area contributed by atoms with Gasteiger partial charge in [-0.05, 0) is 42.4 Å². The quantitative estimate of drug-likeness (QED) is 0.839. The molecule has 20 heavy (non-hydrogen) atoms. The number of aliphatic hydroxyl groups is 1. The Kier molecular flexibility index (Phi) is 3.85. The Balaban J connectivity index is 1.53. The van der Waals surface area contributed by atoms with E-state index in [4.69, 9.17) is 9.47 Å². The van der Waals surface area contributed by atoms with E-state index in [1.807, 2.05) is 18.2 Å². The Morgan fingerprint density at radius 3 is 2.80 bits per heavy atom. The fraction of sp³-hybridized carbons (Fsp3) is 0.625. The van der Waals surface area contributed by atoms with E-state index in [2.05, 4.69) is 12.2 Å². The molecule has 1 atom stereocenters. The molecule has 4 heteroatoms. The van der Waals surface area contributed by atoms with E-state index in [0.717, 1.165) is 23.6 Å².